The number of carboxylic acid groups (broad SMARTS) is 1. The third-order valence-corrected chi connectivity index (χ3v) is 6.01. The lowest BCUT2D eigenvalue weighted by Crippen LogP contribution is -2.13. The molecule has 21 heavy (non-hydrogen) atoms. The van der Waals surface area contributed by atoms with E-state index in [0.717, 1.165) is 26.7 Å². The fraction of sp³-hybridized carbons (Fsp3) is 0.133. The first-order chi connectivity index (χ1) is 10.1. The summed E-state index contributed by atoms with van der Waals surface area (Å²) in [7, 11) is 0. The molecule has 3 aromatic rings. The Bertz CT molecular complexity index is 794. The first-order valence-corrected chi connectivity index (χ1v) is 8.81. The molecule has 0 aliphatic rings. The number of benzene rings is 1. The maximum absolute atomic E-state index is 11.4. The number of carboxylic acids is 1. The van der Waals surface area contributed by atoms with Crippen LogP contribution >= 0.6 is 38.6 Å². The first kappa shape index (κ1) is 14.7. The molecule has 3 nitrogen and oxygen atoms in total. The van der Waals surface area contributed by atoms with E-state index in [-0.39, 0.29) is 0 Å². The largest absolute Gasteiger partial charge is 0.477 e. The van der Waals surface area contributed by atoms with Crippen molar-refractivity contribution in [2.75, 3.05) is 0 Å². The molecule has 0 saturated heterocycles. The van der Waals surface area contributed by atoms with E-state index in [1.54, 1.807) is 11.3 Å². The van der Waals surface area contributed by atoms with Crippen LogP contribution in [0.4, 0.5) is 0 Å². The minimum absolute atomic E-state index is 0.427. The van der Waals surface area contributed by atoms with E-state index in [0.29, 0.717) is 11.4 Å². The van der Waals surface area contributed by atoms with Gasteiger partial charge >= 0.3 is 5.97 Å². The van der Waals surface area contributed by atoms with Crippen LogP contribution in [0.1, 0.15) is 20.1 Å². The van der Waals surface area contributed by atoms with Crippen molar-refractivity contribution in [2.24, 2.45) is 0 Å². The molecule has 0 atom stereocenters. The number of fused-ring (bicyclic) bond motifs is 1. The van der Waals surface area contributed by atoms with Gasteiger partial charge in [-0.1, -0.05) is 18.2 Å². The molecule has 0 aliphatic carbocycles. The summed E-state index contributed by atoms with van der Waals surface area (Å²) in [5.41, 5.74) is 0.874. The van der Waals surface area contributed by atoms with Crippen LogP contribution in [0.2, 0.25) is 0 Å². The summed E-state index contributed by atoms with van der Waals surface area (Å²) in [4.78, 5) is 13.1. The van der Waals surface area contributed by atoms with E-state index >= 15 is 0 Å². The molecule has 0 saturated carbocycles. The van der Waals surface area contributed by atoms with Crippen molar-refractivity contribution in [2.45, 2.75) is 13.1 Å². The summed E-state index contributed by atoms with van der Waals surface area (Å²) in [5.74, 6) is -0.855. The van der Waals surface area contributed by atoms with Crippen LogP contribution < -0.4 is 5.32 Å². The van der Waals surface area contributed by atoms with E-state index < -0.39 is 5.97 Å². The molecule has 0 fully saturated rings. The van der Waals surface area contributed by atoms with Gasteiger partial charge in [0.15, 0.2) is 0 Å². The summed E-state index contributed by atoms with van der Waals surface area (Å²) in [6.45, 7) is 1.29. The number of halogens is 1. The molecule has 0 bridgehead atoms. The molecule has 0 radical (unpaired) electrons. The van der Waals surface area contributed by atoms with Crippen molar-refractivity contribution in [1.29, 1.82) is 0 Å². The smallest absolute Gasteiger partial charge is 0.346 e. The zero-order chi connectivity index (χ0) is 14.8. The molecule has 2 N–H and O–H groups in total. The van der Waals surface area contributed by atoms with Crippen LogP contribution in [0.25, 0.3) is 10.1 Å². The molecule has 1 aromatic carbocycles. The Hall–Kier alpha value is -1.21. The number of aromatic carboxylic acids is 1. The Morgan fingerprint density at radius 3 is 2.81 bits per heavy atom. The highest BCUT2D eigenvalue weighted by Gasteiger charge is 2.16. The first-order valence-electron chi connectivity index (χ1n) is 6.32. The molecular weight excluding hydrogens is 370 g/mol. The summed E-state index contributed by atoms with van der Waals surface area (Å²) in [6.07, 6.45) is 0. The van der Waals surface area contributed by atoms with Gasteiger partial charge in [-0.15, -0.1) is 22.7 Å². The minimum Gasteiger partial charge on any atom is -0.477 e. The summed E-state index contributed by atoms with van der Waals surface area (Å²) >= 11 is 6.45. The molecule has 6 heteroatoms. The van der Waals surface area contributed by atoms with Crippen LogP contribution in [-0.4, -0.2) is 11.1 Å². The van der Waals surface area contributed by atoms with Gasteiger partial charge in [-0.25, -0.2) is 4.79 Å². The third kappa shape index (κ3) is 3.18. The Labute approximate surface area is 138 Å². The molecule has 0 unspecified atom stereocenters. The average Bonchev–Trinajstić information content (AvgIpc) is 3.03. The highest BCUT2D eigenvalue weighted by molar-refractivity contribution is 9.10. The van der Waals surface area contributed by atoms with Gasteiger partial charge in [-0.2, -0.15) is 0 Å². The zero-order valence-electron chi connectivity index (χ0n) is 10.9. The van der Waals surface area contributed by atoms with Gasteiger partial charge in [0.1, 0.15) is 4.88 Å². The van der Waals surface area contributed by atoms with Crippen LogP contribution in [0.15, 0.2) is 40.2 Å². The van der Waals surface area contributed by atoms with Gasteiger partial charge in [-0.05, 0) is 39.0 Å². The minimum atomic E-state index is -0.855. The predicted molar refractivity (Wildman–Crippen MR) is 91.3 cm³/mol. The number of hydrogen-bond donors (Lipinski definition) is 2. The van der Waals surface area contributed by atoms with Crippen LogP contribution in [0.5, 0.6) is 0 Å². The van der Waals surface area contributed by atoms with Gasteiger partial charge < -0.3 is 10.4 Å². The van der Waals surface area contributed by atoms with Crippen molar-refractivity contribution in [3.8, 4) is 0 Å². The molecule has 108 valence electrons. The number of thiophene rings is 2. The SMILES string of the molecule is O=C(O)c1sc2ccccc2c1CNCc1cc(Br)cs1. The predicted octanol–water partition coefficient (Wildman–Crippen LogP) is 4.71. The topological polar surface area (TPSA) is 49.3 Å². The summed E-state index contributed by atoms with van der Waals surface area (Å²) in [5, 5.41) is 15.8. The van der Waals surface area contributed by atoms with Crippen molar-refractivity contribution >= 4 is 54.7 Å². The molecule has 2 heterocycles. The van der Waals surface area contributed by atoms with Crippen molar-refractivity contribution in [3.05, 3.63) is 55.5 Å². The second-order valence-electron chi connectivity index (χ2n) is 4.55. The van der Waals surface area contributed by atoms with Gasteiger partial charge in [0.05, 0.1) is 0 Å². The van der Waals surface area contributed by atoms with E-state index in [2.05, 4.69) is 27.3 Å². The highest BCUT2D eigenvalue weighted by Crippen LogP contribution is 2.31. The quantitative estimate of drug-likeness (QED) is 0.672. The number of carbonyl (C=O) groups is 1. The van der Waals surface area contributed by atoms with Gasteiger partial charge in [0, 0.05) is 32.5 Å². The number of rotatable bonds is 5. The van der Waals surface area contributed by atoms with Gasteiger partial charge in [0.2, 0.25) is 0 Å². The Morgan fingerprint density at radius 1 is 1.29 bits per heavy atom. The third-order valence-electron chi connectivity index (χ3n) is 3.12. The molecule has 2 aromatic heterocycles. The fourth-order valence-corrected chi connectivity index (χ4v) is 4.69. The molecule has 0 amide bonds. The van der Waals surface area contributed by atoms with Crippen LogP contribution in [0, 0.1) is 0 Å². The second-order valence-corrected chi connectivity index (χ2v) is 7.51. The van der Waals surface area contributed by atoms with E-state index in [9.17, 15) is 9.90 Å². The summed E-state index contributed by atoms with van der Waals surface area (Å²) < 4.78 is 2.10. The maximum Gasteiger partial charge on any atom is 0.346 e. The van der Waals surface area contributed by atoms with Crippen LogP contribution in [-0.2, 0) is 13.1 Å². The van der Waals surface area contributed by atoms with Gasteiger partial charge in [-0.3, -0.25) is 0 Å². The van der Waals surface area contributed by atoms with Crippen LogP contribution in [0.3, 0.4) is 0 Å². The van der Waals surface area contributed by atoms with E-state index in [4.69, 9.17) is 0 Å². The Morgan fingerprint density at radius 2 is 2.10 bits per heavy atom. The monoisotopic (exact) mass is 381 g/mol. The van der Waals surface area contributed by atoms with Crippen molar-refractivity contribution < 1.29 is 9.90 Å². The molecule has 0 spiro atoms. The van der Waals surface area contributed by atoms with Gasteiger partial charge in [0.25, 0.3) is 0 Å². The van der Waals surface area contributed by atoms with Crippen molar-refractivity contribution in [3.63, 3.8) is 0 Å². The van der Waals surface area contributed by atoms with E-state index in [1.807, 2.05) is 29.6 Å². The zero-order valence-corrected chi connectivity index (χ0v) is 14.1. The maximum atomic E-state index is 11.4. The average molecular weight is 382 g/mol. The second kappa shape index (κ2) is 6.27. The lowest BCUT2D eigenvalue weighted by atomic mass is 10.1. The number of nitrogens with one attached hydrogen (secondary N) is 1. The highest BCUT2D eigenvalue weighted by atomic mass is 79.9. The lowest BCUT2D eigenvalue weighted by molar-refractivity contribution is 0.0701. The van der Waals surface area contributed by atoms with E-state index in [1.165, 1.54) is 16.2 Å². The molecule has 0 aliphatic heterocycles. The molecular formula is C15H12BrNO2S2. The molecule has 3 rings (SSSR count). The Kier molecular flexibility index (Phi) is 4.40. The lowest BCUT2D eigenvalue weighted by Gasteiger charge is -2.04. The van der Waals surface area contributed by atoms with Crippen molar-refractivity contribution in [1.82, 2.24) is 5.32 Å². The normalized spacial score (nSPS) is 11.1. The summed E-state index contributed by atoms with van der Waals surface area (Å²) in [6, 6.07) is 9.90. The Balaban J connectivity index is 1.82. The standard InChI is InChI=1S/C15H12BrNO2S2/c16-9-5-10(20-8-9)6-17-7-12-11-3-1-2-4-13(11)21-14(12)15(18)19/h1-5,8,17H,6-7H2,(H,18,19). The fourth-order valence-electron chi connectivity index (χ4n) is 2.20. The number of hydrogen-bond acceptors (Lipinski definition) is 4.